The molecule has 0 spiro atoms. The highest BCUT2D eigenvalue weighted by Crippen LogP contribution is 2.53. The summed E-state index contributed by atoms with van der Waals surface area (Å²) in [6, 6.07) is 15.4. The van der Waals surface area contributed by atoms with Crippen molar-refractivity contribution in [2.75, 3.05) is 28.4 Å². The lowest BCUT2D eigenvalue weighted by atomic mass is 9.97. The Balaban J connectivity index is 2.47. The number of hydrogen-bond donors (Lipinski definition) is 1. The van der Waals surface area contributed by atoms with E-state index in [0.29, 0.717) is 0 Å². The summed E-state index contributed by atoms with van der Waals surface area (Å²) in [6.07, 6.45) is 0. The quantitative estimate of drug-likeness (QED) is 0.568. The van der Waals surface area contributed by atoms with Crippen LogP contribution in [0.5, 0.6) is 11.5 Å². The molecule has 0 heterocycles. The van der Waals surface area contributed by atoms with Gasteiger partial charge < -0.3 is 18.5 Å². The van der Waals surface area contributed by atoms with Gasteiger partial charge in [0, 0.05) is 14.2 Å². The number of methoxy groups -OCH3 is 2. The Morgan fingerprint density at radius 2 is 1.14 bits per heavy atom. The number of benzene rings is 2. The average Bonchev–Trinajstić information content (AvgIpc) is 2.74. The van der Waals surface area contributed by atoms with E-state index in [1.807, 2.05) is 62.4 Å². The van der Waals surface area contributed by atoms with Gasteiger partial charge in [0.15, 0.2) is 0 Å². The average molecular weight is 407 g/mol. The molecule has 6 nitrogen and oxygen atoms in total. The molecular formula is C21H30NO5P. The molecule has 0 unspecified atom stereocenters. The van der Waals surface area contributed by atoms with E-state index in [1.54, 1.807) is 14.2 Å². The van der Waals surface area contributed by atoms with Gasteiger partial charge in [0.25, 0.3) is 0 Å². The standard InChI is InChI=1S/C21H30NO5P/c1-15(2)21(28(23,26-5)27-6)22-20(16-7-11-18(24-3)12-8-16)17-9-13-19(25-4)14-10-17/h7-15,20-22H,1-6H3/t21-/m1/s1. The molecule has 0 amide bonds. The second-order valence-electron chi connectivity index (χ2n) is 6.74. The lowest BCUT2D eigenvalue weighted by Crippen LogP contribution is -2.38. The Hall–Kier alpha value is -1.85. The molecule has 0 saturated heterocycles. The van der Waals surface area contributed by atoms with Crippen LogP contribution in [-0.2, 0) is 13.6 Å². The third-order valence-electron chi connectivity index (χ3n) is 4.72. The molecule has 0 aliphatic heterocycles. The van der Waals surface area contributed by atoms with E-state index in [1.165, 1.54) is 14.2 Å². The van der Waals surface area contributed by atoms with Gasteiger partial charge in [0.1, 0.15) is 17.3 Å². The van der Waals surface area contributed by atoms with Crippen LogP contribution in [0, 0.1) is 5.92 Å². The summed E-state index contributed by atoms with van der Waals surface area (Å²) in [7, 11) is 2.77. The number of rotatable bonds is 10. The van der Waals surface area contributed by atoms with Crippen molar-refractivity contribution < 1.29 is 23.1 Å². The first-order valence-electron chi connectivity index (χ1n) is 9.13. The van der Waals surface area contributed by atoms with E-state index in [9.17, 15) is 4.57 Å². The summed E-state index contributed by atoms with van der Waals surface area (Å²) in [6.45, 7) is 3.98. The molecular weight excluding hydrogens is 377 g/mol. The van der Waals surface area contributed by atoms with Gasteiger partial charge in [-0.3, -0.25) is 9.88 Å². The molecule has 0 aromatic heterocycles. The highest BCUT2D eigenvalue weighted by atomic mass is 31.2. The van der Waals surface area contributed by atoms with E-state index in [2.05, 4.69) is 5.32 Å². The van der Waals surface area contributed by atoms with Crippen LogP contribution in [0.4, 0.5) is 0 Å². The van der Waals surface area contributed by atoms with Crippen molar-refractivity contribution in [2.24, 2.45) is 5.92 Å². The SMILES string of the molecule is COc1ccc(C(N[C@@H](C(C)C)P(=O)(OC)OC)c2ccc(OC)cc2)cc1. The molecule has 2 aromatic rings. The second-order valence-corrected chi connectivity index (χ2v) is 9.11. The number of ether oxygens (including phenoxy) is 2. The van der Waals surface area contributed by atoms with Crippen molar-refractivity contribution in [3.05, 3.63) is 59.7 Å². The summed E-state index contributed by atoms with van der Waals surface area (Å²) in [5, 5.41) is 3.51. The smallest absolute Gasteiger partial charge is 0.347 e. The molecule has 0 fully saturated rings. The lowest BCUT2D eigenvalue weighted by molar-refractivity contribution is 0.244. The van der Waals surface area contributed by atoms with E-state index in [4.69, 9.17) is 18.5 Å². The van der Waals surface area contributed by atoms with Crippen molar-refractivity contribution in [3.8, 4) is 11.5 Å². The normalized spacial score (nSPS) is 13.0. The summed E-state index contributed by atoms with van der Waals surface area (Å²) >= 11 is 0. The van der Waals surface area contributed by atoms with E-state index < -0.39 is 13.4 Å². The first kappa shape index (κ1) is 22.4. The summed E-state index contributed by atoms with van der Waals surface area (Å²) in [5.74, 6) is 1.08. The van der Waals surface area contributed by atoms with Gasteiger partial charge in [0.2, 0.25) is 0 Å². The Morgan fingerprint density at radius 3 is 1.43 bits per heavy atom. The largest absolute Gasteiger partial charge is 0.497 e. The van der Waals surface area contributed by atoms with Gasteiger partial charge in [-0.1, -0.05) is 38.1 Å². The molecule has 1 N–H and O–H groups in total. The fraction of sp³-hybridized carbons (Fsp3) is 0.429. The van der Waals surface area contributed by atoms with Crippen molar-refractivity contribution in [3.63, 3.8) is 0 Å². The molecule has 2 rings (SSSR count). The van der Waals surface area contributed by atoms with Gasteiger partial charge >= 0.3 is 7.60 Å². The van der Waals surface area contributed by atoms with Gasteiger partial charge in [0.05, 0.1) is 20.3 Å². The third-order valence-corrected chi connectivity index (χ3v) is 7.16. The van der Waals surface area contributed by atoms with Gasteiger partial charge in [-0.2, -0.15) is 0 Å². The van der Waals surface area contributed by atoms with Gasteiger partial charge in [-0.15, -0.1) is 0 Å². The molecule has 7 heteroatoms. The maximum Gasteiger partial charge on any atom is 0.347 e. The minimum atomic E-state index is -3.33. The van der Waals surface area contributed by atoms with Crippen molar-refractivity contribution >= 4 is 7.60 Å². The predicted octanol–water partition coefficient (Wildman–Crippen LogP) is 4.85. The van der Waals surface area contributed by atoms with E-state index >= 15 is 0 Å². The first-order chi connectivity index (χ1) is 13.4. The van der Waals surface area contributed by atoms with Crippen LogP contribution >= 0.6 is 7.60 Å². The van der Waals surface area contributed by atoms with Crippen molar-refractivity contribution in [1.29, 1.82) is 0 Å². The maximum atomic E-state index is 13.1. The molecule has 0 bridgehead atoms. The van der Waals surface area contributed by atoms with E-state index in [-0.39, 0.29) is 12.0 Å². The number of hydrogen-bond acceptors (Lipinski definition) is 6. The molecule has 0 radical (unpaired) electrons. The molecule has 0 aliphatic carbocycles. The molecule has 0 saturated carbocycles. The van der Waals surface area contributed by atoms with Gasteiger partial charge in [-0.05, 0) is 41.3 Å². The Morgan fingerprint density at radius 1 is 0.750 bits per heavy atom. The molecule has 154 valence electrons. The van der Waals surface area contributed by atoms with E-state index in [0.717, 1.165) is 22.6 Å². The topological polar surface area (TPSA) is 66.0 Å². The Bertz CT molecular complexity index is 721. The molecule has 28 heavy (non-hydrogen) atoms. The van der Waals surface area contributed by atoms with Crippen LogP contribution in [0.2, 0.25) is 0 Å². The molecule has 1 atom stereocenters. The van der Waals surface area contributed by atoms with Gasteiger partial charge in [-0.25, -0.2) is 0 Å². The van der Waals surface area contributed by atoms with Crippen LogP contribution < -0.4 is 14.8 Å². The summed E-state index contributed by atoms with van der Waals surface area (Å²) in [5.41, 5.74) is 2.02. The highest BCUT2D eigenvalue weighted by molar-refractivity contribution is 7.54. The number of nitrogens with one attached hydrogen (secondary N) is 1. The monoisotopic (exact) mass is 407 g/mol. The summed E-state index contributed by atoms with van der Waals surface area (Å²) < 4.78 is 34.3. The first-order valence-corrected chi connectivity index (χ1v) is 10.7. The highest BCUT2D eigenvalue weighted by Gasteiger charge is 2.38. The van der Waals surface area contributed by atoms with Crippen molar-refractivity contribution in [1.82, 2.24) is 5.32 Å². The van der Waals surface area contributed by atoms with Crippen LogP contribution in [-0.4, -0.2) is 34.2 Å². The zero-order valence-electron chi connectivity index (χ0n) is 17.3. The second kappa shape index (κ2) is 10.1. The zero-order chi connectivity index (χ0) is 20.7. The maximum absolute atomic E-state index is 13.1. The summed E-state index contributed by atoms with van der Waals surface area (Å²) in [4.78, 5) is 0. The Kier molecular flexibility index (Phi) is 8.08. The minimum Gasteiger partial charge on any atom is -0.497 e. The molecule has 0 aliphatic rings. The fourth-order valence-electron chi connectivity index (χ4n) is 3.10. The van der Waals surface area contributed by atoms with Crippen LogP contribution in [0.1, 0.15) is 31.0 Å². The Labute approximate surface area is 167 Å². The minimum absolute atomic E-state index is 0.0183. The molecule has 2 aromatic carbocycles. The van der Waals surface area contributed by atoms with Crippen LogP contribution in [0.25, 0.3) is 0 Å². The third kappa shape index (κ3) is 5.15. The fourth-order valence-corrected chi connectivity index (χ4v) is 4.76. The van der Waals surface area contributed by atoms with Crippen molar-refractivity contribution in [2.45, 2.75) is 25.7 Å². The van der Waals surface area contributed by atoms with Crippen LogP contribution in [0.3, 0.4) is 0 Å². The predicted molar refractivity (Wildman–Crippen MR) is 111 cm³/mol. The lowest BCUT2D eigenvalue weighted by Gasteiger charge is -2.32. The zero-order valence-corrected chi connectivity index (χ0v) is 18.2. The van der Waals surface area contributed by atoms with Crippen LogP contribution in [0.15, 0.2) is 48.5 Å².